The Balaban J connectivity index is 1.49. The van der Waals surface area contributed by atoms with Gasteiger partial charge in [0.15, 0.2) is 0 Å². The number of piperazine rings is 1. The maximum atomic E-state index is 12.9. The third kappa shape index (κ3) is 5.04. The second-order valence-corrected chi connectivity index (χ2v) is 10.9. The smallest absolute Gasteiger partial charge is 0.410 e. The minimum absolute atomic E-state index is 0.159. The topological polar surface area (TPSA) is 99.3 Å². The molecule has 0 radical (unpaired) electrons. The summed E-state index contributed by atoms with van der Waals surface area (Å²) in [7, 11) is -3.52. The number of anilines is 1. The number of amides is 3. The van der Waals surface area contributed by atoms with Gasteiger partial charge in [-0.05, 0) is 39.3 Å². The number of urea groups is 1. The summed E-state index contributed by atoms with van der Waals surface area (Å²) >= 11 is 0. The summed E-state index contributed by atoms with van der Waals surface area (Å²) in [6, 6.07) is 7.13. The van der Waals surface area contributed by atoms with Gasteiger partial charge in [0.2, 0.25) is 10.0 Å². The minimum Gasteiger partial charge on any atom is -0.444 e. The molecule has 9 nitrogen and oxygen atoms in total. The molecule has 0 atom stereocenters. The zero-order valence-electron chi connectivity index (χ0n) is 17.9. The normalized spacial score (nSPS) is 18.7. The molecule has 166 valence electrons. The SMILES string of the molecule is Cc1ccccc1NC(=O)N1CC(S(=O)(=O)N2CCN(C(=O)OC(C)(C)C)CC2)C1. The fourth-order valence-electron chi connectivity index (χ4n) is 3.36. The molecule has 2 aliphatic rings. The van der Waals surface area contributed by atoms with Gasteiger partial charge in [-0.1, -0.05) is 18.2 Å². The van der Waals surface area contributed by atoms with Crippen LogP contribution in [0.5, 0.6) is 0 Å². The van der Waals surface area contributed by atoms with Gasteiger partial charge in [-0.15, -0.1) is 0 Å². The number of carbonyl (C=O) groups excluding carboxylic acids is 2. The number of nitrogens with zero attached hydrogens (tertiary/aromatic N) is 3. The Kier molecular flexibility index (Phi) is 6.28. The van der Waals surface area contributed by atoms with Crippen LogP contribution < -0.4 is 5.32 Å². The predicted octanol–water partition coefficient (Wildman–Crippen LogP) is 2.09. The van der Waals surface area contributed by atoms with Gasteiger partial charge in [-0.3, -0.25) is 0 Å². The number of nitrogens with one attached hydrogen (secondary N) is 1. The Morgan fingerprint density at radius 2 is 1.63 bits per heavy atom. The molecule has 1 aromatic carbocycles. The quantitative estimate of drug-likeness (QED) is 0.779. The van der Waals surface area contributed by atoms with Crippen molar-refractivity contribution in [1.29, 1.82) is 0 Å². The van der Waals surface area contributed by atoms with Crippen LogP contribution in [0.2, 0.25) is 0 Å². The van der Waals surface area contributed by atoms with E-state index in [0.29, 0.717) is 18.8 Å². The van der Waals surface area contributed by atoms with E-state index >= 15 is 0 Å². The first kappa shape index (κ1) is 22.4. The van der Waals surface area contributed by atoms with Gasteiger partial charge < -0.3 is 19.9 Å². The van der Waals surface area contributed by atoms with E-state index in [1.807, 2.05) is 31.2 Å². The summed E-state index contributed by atoms with van der Waals surface area (Å²) in [5, 5.41) is 2.20. The first-order chi connectivity index (χ1) is 14.0. The molecule has 3 amide bonds. The maximum absolute atomic E-state index is 12.9. The van der Waals surface area contributed by atoms with Crippen LogP contribution in [0.4, 0.5) is 15.3 Å². The van der Waals surface area contributed by atoms with Crippen LogP contribution >= 0.6 is 0 Å². The lowest BCUT2D eigenvalue weighted by atomic mass is 10.2. The molecule has 2 fully saturated rings. The molecule has 2 heterocycles. The standard InChI is InChI=1S/C20H30N4O5S/c1-15-7-5-6-8-17(15)21-18(25)23-13-16(14-23)30(27,28)24-11-9-22(10-12-24)19(26)29-20(2,3)4/h5-8,16H,9-14H2,1-4H3,(H,21,25). The summed E-state index contributed by atoms with van der Waals surface area (Å²) in [6.45, 7) is 8.64. The number of hydrogen-bond acceptors (Lipinski definition) is 5. The highest BCUT2D eigenvalue weighted by Gasteiger charge is 2.44. The fraction of sp³-hybridized carbons (Fsp3) is 0.600. The Bertz CT molecular complexity index is 898. The van der Waals surface area contributed by atoms with Crippen molar-refractivity contribution in [3.05, 3.63) is 29.8 Å². The monoisotopic (exact) mass is 438 g/mol. The average molecular weight is 439 g/mol. The number of ether oxygens (including phenoxy) is 1. The van der Waals surface area contributed by atoms with Crippen LogP contribution in [0.3, 0.4) is 0 Å². The summed E-state index contributed by atoms with van der Waals surface area (Å²) < 4.78 is 32.5. The van der Waals surface area contributed by atoms with Crippen molar-refractivity contribution >= 4 is 27.8 Å². The highest BCUT2D eigenvalue weighted by atomic mass is 32.2. The van der Waals surface area contributed by atoms with Crippen molar-refractivity contribution in [3.63, 3.8) is 0 Å². The number of likely N-dealkylation sites (tertiary alicyclic amines) is 1. The van der Waals surface area contributed by atoms with Crippen LogP contribution in [0.1, 0.15) is 26.3 Å². The first-order valence-electron chi connectivity index (χ1n) is 10.1. The molecule has 0 spiro atoms. The molecular formula is C20H30N4O5S. The zero-order chi connectivity index (χ0) is 22.1. The van der Waals surface area contributed by atoms with Gasteiger partial charge in [0, 0.05) is 45.0 Å². The maximum Gasteiger partial charge on any atom is 0.410 e. The Labute approximate surface area is 178 Å². The number of hydrogen-bond donors (Lipinski definition) is 1. The summed E-state index contributed by atoms with van der Waals surface area (Å²) in [5.74, 6) is 0. The lowest BCUT2D eigenvalue weighted by Gasteiger charge is -2.42. The largest absolute Gasteiger partial charge is 0.444 e. The van der Waals surface area contributed by atoms with Crippen LogP contribution in [0, 0.1) is 6.92 Å². The van der Waals surface area contributed by atoms with Gasteiger partial charge >= 0.3 is 12.1 Å². The van der Waals surface area contributed by atoms with E-state index < -0.39 is 27.0 Å². The Morgan fingerprint density at radius 3 is 2.20 bits per heavy atom. The molecular weight excluding hydrogens is 408 g/mol. The highest BCUT2D eigenvalue weighted by molar-refractivity contribution is 7.89. The van der Waals surface area contributed by atoms with E-state index in [0.717, 1.165) is 5.56 Å². The lowest BCUT2D eigenvalue weighted by molar-refractivity contribution is 0.0191. The number of aryl methyl sites for hydroxylation is 1. The Morgan fingerprint density at radius 1 is 1.03 bits per heavy atom. The summed E-state index contributed by atoms with van der Waals surface area (Å²) in [6.07, 6.45) is -0.428. The van der Waals surface area contributed by atoms with E-state index in [-0.39, 0.29) is 32.2 Å². The van der Waals surface area contributed by atoms with Crippen LogP contribution in [0.15, 0.2) is 24.3 Å². The number of sulfonamides is 1. The molecule has 0 bridgehead atoms. The first-order valence-corrected chi connectivity index (χ1v) is 11.6. The van der Waals surface area contributed by atoms with E-state index in [9.17, 15) is 18.0 Å². The molecule has 2 aliphatic heterocycles. The number of rotatable bonds is 3. The molecule has 30 heavy (non-hydrogen) atoms. The summed E-state index contributed by atoms with van der Waals surface area (Å²) in [5.41, 5.74) is 1.07. The van der Waals surface area contributed by atoms with E-state index in [2.05, 4.69) is 5.32 Å². The molecule has 10 heteroatoms. The third-order valence-corrected chi connectivity index (χ3v) is 7.42. The van der Waals surface area contributed by atoms with Crippen LogP contribution in [-0.4, -0.2) is 84.8 Å². The van der Waals surface area contributed by atoms with Crippen LogP contribution in [-0.2, 0) is 14.8 Å². The lowest BCUT2D eigenvalue weighted by Crippen LogP contribution is -2.62. The van der Waals surface area contributed by atoms with E-state index in [1.165, 1.54) is 14.1 Å². The number of para-hydroxylation sites is 1. The molecule has 0 saturated carbocycles. The van der Waals surface area contributed by atoms with Gasteiger partial charge in [0.1, 0.15) is 10.9 Å². The van der Waals surface area contributed by atoms with Crippen molar-refractivity contribution in [2.45, 2.75) is 38.5 Å². The second-order valence-electron chi connectivity index (χ2n) is 8.68. The van der Waals surface area contributed by atoms with Crippen molar-refractivity contribution in [2.75, 3.05) is 44.6 Å². The fourth-order valence-corrected chi connectivity index (χ4v) is 5.19. The zero-order valence-corrected chi connectivity index (χ0v) is 18.7. The average Bonchev–Trinajstić information content (AvgIpc) is 2.61. The van der Waals surface area contributed by atoms with Gasteiger partial charge in [0.05, 0.1) is 0 Å². The van der Waals surface area contributed by atoms with Crippen molar-refractivity contribution < 1.29 is 22.7 Å². The Hall–Kier alpha value is -2.33. The number of carbonyl (C=O) groups is 2. The predicted molar refractivity (Wildman–Crippen MR) is 114 cm³/mol. The third-order valence-electron chi connectivity index (χ3n) is 5.19. The number of benzene rings is 1. The molecule has 3 rings (SSSR count). The molecule has 1 aromatic rings. The van der Waals surface area contributed by atoms with Crippen molar-refractivity contribution in [1.82, 2.24) is 14.1 Å². The molecule has 0 unspecified atom stereocenters. The van der Waals surface area contributed by atoms with E-state index in [1.54, 1.807) is 20.8 Å². The minimum atomic E-state index is -3.52. The van der Waals surface area contributed by atoms with Gasteiger partial charge in [0.25, 0.3) is 0 Å². The van der Waals surface area contributed by atoms with Gasteiger partial charge in [-0.2, -0.15) is 4.31 Å². The van der Waals surface area contributed by atoms with Crippen LogP contribution in [0.25, 0.3) is 0 Å². The van der Waals surface area contributed by atoms with Gasteiger partial charge in [-0.25, -0.2) is 18.0 Å². The summed E-state index contributed by atoms with van der Waals surface area (Å²) in [4.78, 5) is 27.5. The van der Waals surface area contributed by atoms with Crippen molar-refractivity contribution in [3.8, 4) is 0 Å². The molecule has 1 N–H and O–H groups in total. The molecule has 0 aliphatic carbocycles. The van der Waals surface area contributed by atoms with Crippen molar-refractivity contribution in [2.24, 2.45) is 0 Å². The van der Waals surface area contributed by atoms with E-state index in [4.69, 9.17) is 4.74 Å². The molecule has 0 aromatic heterocycles. The highest BCUT2D eigenvalue weighted by Crippen LogP contribution is 2.23. The molecule has 2 saturated heterocycles. The second kappa shape index (κ2) is 8.43.